The zero-order valence-corrected chi connectivity index (χ0v) is 21.9. The molecule has 1 aromatic carbocycles. The van der Waals surface area contributed by atoms with Gasteiger partial charge in [-0.05, 0) is 29.8 Å². The highest BCUT2D eigenvalue weighted by Crippen LogP contribution is 2.22. The van der Waals surface area contributed by atoms with E-state index < -0.39 is 0 Å². The number of carbonyl (C=O) groups excluding carboxylic acids is 1. The Balaban J connectivity index is 0.00000385. The van der Waals surface area contributed by atoms with Crippen LogP contribution in [-0.2, 0) is 10.2 Å². The number of halogens is 2. The van der Waals surface area contributed by atoms with Gasteiger partial charge < -0.3 is 20.4 Å². The first-order valence-electron chi connectivity index (χ1n) is 11.0. The van der Waals surface area contributed by atoms with E-state index in [2.05, 4.69) is 39.4 Å². The molecule has 0 bridgehead atoms. The lowest BCUT2D eigenvalue weighted by molar-refractivity contribution is -0.131. The molecule has 1 amide bonds. The maximum atomic E-state index is 13.6. The number of aromatic nitrogens is 1. The Morgan fingerprint density at radius 2 is 1.88 bits per heavy atom. The van der Waals surface area contributed by atoms with Gasteiger partial charge in [-0.2, -0.15) is 0 Å². The van der Waals surface area contributed by atoms with E-state index in [0.29, 0.717) is 38.6 Å². The number of hydrogen-bond donors (Lipinski definition) is 2. The molecule has 33 heavy (non-hydrogen) atoms. The van der Waals surface area contributed by atoms with Crippen molar-refractivity contribution in [3.8, 4) is 0 Å². The number of benzene rings is 1. The summed E-state index contributed by atoms with van der Waals surface area (Å²) >= 11 is 0. The van der Waals surface area contributed by atoms with E-state index in [4.69, 9.17) is 0 Å². The summed E-state index contributed by atoms with van der Waals surface area (Å²) in [6.45, 7) is 8.16. The topological polar surface area (TPSA) is 72.9 Å². The van der Waals surface area contributed by atoms with Gasteiger partial charge in [0.05, 0.1) is 0 Å². The van der Waals surface area contributed by atoms with E-state index in [0.717, 1.165) is 24.5 Å². The van der Waals surface area contributed by atoms with Crippen molar-refractivity contribution in [2.75, 3.05) is 51.2 Å². The normalized spacial score (nSPS) is 14.5. The lowest BCUT2D eigenvalue weighted by Crippen LogP contribution is -2.50. The zero-order chi connectivity index (χ0) is 23.0. The number of rotatable bonds is 7. The summed E-state index contributed by atoms with van der Waals surface area (Å²) in [4.78, 5) is 25.3. The molecule has 1 aliphatic heterocycles. The smallest absolute Gasteiger partial charge is 0.224 e. The van der Waals surface area contributed by atoms with E-state index in [1.54, 1.807) is 25.4 Å². The Labute approximate surface area is 212 Å². The van der Waals surface area contributed by atoms with Crippen LogP contribution in [0.15, 0.2) is 53.7 Å². The fourth-order valence-corrected chi connectivity index (χ4v) is 3.71. The number of guanidine groups is 1. The molecule has 2 N–H and O–H groups in total. The molecule has 7 nitrogen and oxygen atoms in total. The van der Waals surface area contributed by atoms with Gasteiger partial charge in [0.1, 0.15) is 11.6 Å². The van der Waals surface area contributed by atoms with Crippen molar-refractivity contribution in [2.45, 2.75) is 25.7 Å². The Bertz CT molecular complexity index is 916. The first-order chi connectivity index (χ1) is 15.4. The van der Waals surface area contributed by atoms with Crippen LogP contribution in [0.5, 0.6) is 0 Å². The number of anilines is 1. The average molecular weight is 568 g/mol. The molecule has 1 saturated heterocycles. The van der Waals surface area contributed by atoms with Crippen molar-refractivity contribution in [3.05, 3.63) is 60.0 Å². The summed E-state index contributed by atoms with van der Waals surface area (Å²) in [5, 5.41) is 6.49. The van der Waals surface area contributed by atoms with Crippen LogP contribution in [0.25, 0.3) is 0 Å². The van der Waals surface area contributed by atoms with Gasteiger partial charge in [-0.3, -0.25) is 9.79 Å². The van der Waals surface area contributed by atoms with Gasteiger partial charge in [-0.1, -0.05) is 32.0 Å². The minimum absolute atomic E-state index is 0. The van der Waals surface area contributed by atoms with Crippen molar-refractivity contribution < 1.29 is 9.18 Å². The fourth-order valence-electron chi connectivity index (χ4n) is 3.71. The molecule has 3 rings (SSSR count). The summed E-state index contributed by atoms with van der Waals surface area (Å²) in [6.07, 6.45) is 2.19. The predicted molar refractivity (Wildman–Crippen MR) is 142 cm³/mol. The second-order valence-corrected chi connectivity index (χ2v) is 8.55. The van der Waals surface area contributed by atoms with Gasteiger partial charge >= 0.3 is 0 Å². The summed E-state index contributed by atoms with van der Waals surface area (Å²) in [7, 11) is 1.70. The molecule has 9 heteroatoms. The van der Waals surface area contributed by atoms with Crippen molar-refractivity contribution in [1.82, 2.24) is 20.5 Å². The molecule has 0 aliphatic carbocycles. The van der Waals surface area contributed by atoms with Crippen molar-refractivity contribution >= 4 is 41.7 Å². The van der Waals surface area contributed by atoms with Crippen LogP contribution < -0.4 is 15.5 Å². The molecule has 180 valence electrons. The molecule has 0 spiro atoms. The number of amides is 1. The number of pyridine rings is 1. The monoisotopic (exact) mass is 568 g/mol. The van der Waals surface area contributed by atoms with Gasteiger partial charge in [0.15, 0.2) is 5.96 Å². The van der Waals surface area contributed by atoms with E-state index in [1.165, 1.54) is 6.07 Å². The van der Waals surface area contributed by atoms with Crippen LogP contribution in [-0.4, -0.2) is 68.1 Å². The number of nitrogens with zero attached hydrogens (tertiary/aromatic N) is 4. The number of aliphatic imine (C=N–C) groups is 1. The van der Waals surface area contributed by atoms with E-state index in [-0.39, 0.29) is 41.1 Å². The molecule has 2 aromatic rings. The largest absolute Gasteiger partial charge is 0.356 e. The van der Waals surface area contributed by atoms with Gasteiger partial charge in [0.25, 0.3) is 0 Å². The second-order valence-electron chi connectivity index (χ2n) is 8.55. The van der Waals surface area contributed by atoms with Crippen LogP contribution >= 0.6 is 24.0 Å². The molecular weight excluding hydrogens is 534 g/mol. The lowest BCUT2D eigenvalue weighted by Gasteiger charge is -2.35. The third kappa shape index (κ3) is 7.83. The quantitative estimate of drug-likeness (QED) is 0.306. The van der Waals surface area contributed by atoms with Gasteiger partial charge in [0, 0.05) is 64.3 Å². The second kappa shape index (κ2) is 12.7. The van der Waals surface area contributed by atoms with Crippen molar-refractivity contribution in [2.24, 2.45) is 4.99 Å². The maximum absolute atomic E-state index is 13.6. The molecule has 0 unspecified atom stereocenters. The third-order valence-corrected chi connectivity index (χ3v) is 5.76. The summed E-state index contributed by atoms with van der Waals surface area (Å²) < 4.78 is 13.6. The Morgan fingerprint density at radius 1 is 1.12 bits per heavy atom. The molecule has 0 saturated carbocycles. The molecule has 2 heterocycles. The van der Waals surface area contributed by atoms with Gasteiger partial charge in [-0.15, -0.1) is 24.0 Å². The van der Waals surface area contributed by atoms with Crippen molar-refractivity contribution in [1.29, 1.82) is 0 Å². The van der Waals surface area contributed by atoms with E-state index in [1.807, 2.05) is 29.2 Å². The first-order valence-corrected chi connectivity index (χ1v) is 11.0. The molecule has 1 aromatic heterocycles. The molecule has 0 atom stereocenters. The predicted octanol–water partition coefficient (Wildman–Crippen LogP) is 3.02. The minimum atomic E-state index is -0.275. The number of hydrogen-bond acceptors (Lipinski definition) is 4. The summed E-state index contributed by atoms with van der Waals surface area (Å²) in [6, 6.07) is 12.5. The third-order valence-electron chi connectivity index (χ3n) is 5.76. The van der Waals surface area contributed by atoms with Crippen LogP contribution in [0.4, 0.5) is 10.2 Å². The maximum Gasteiger partial charge on any atom is 0.224 e. The van der Waals surface area contributed by atoms with Gasteiger partial charge in [-0.25, -0.2) is 9.37 Å². The van der Waals surface area contributed by atoms with Crippen LogP contribution in [0, 0.1) is 5.82 Å². The SMILES string of the molecule is CN=C(NCCC(=O)N1CCN(c2ccccn2)CC1)NCC(C)(C)c1cccc(F)c1.I. The molecule has 1 aliphatic rings. The summed E-state index contributed by atoms with van der Waals surface area (Å²) in [5.41, 5.74) is 0.642. The number of nitrogens with one attached hydrogen (secondary N) is 2. The van der Waals surface area contributed by atoms with Crippen LogP contribution in [0.2, 0.25) is 0 Å². The Kier molecular flexibility index (Phi) is 10.3. The highest BCUT2D eigenvalue weighted by Gasteiger charge is 2.23. The van der Waals surface area contributed by atoms with Gasteiger partial charge in [0.2, 0.25) is 5.91 Å². The average Bonchev–Trinajstić information content (AvgIpc) is 2.82. The molecule has 0 radical (unpaired) electrons. The Morgan fingerprint density at radius 3 is 2.52 bits per heavy atom. The number of piperazine rings is 1. The van der Waals surface area contributed by atoms with Crippen molar-refractivity contribution in [3.63, 3.8) is 0 Å². The minimum Gasteiger partial charge on any atom is -0.356 e. The Hall–Kier alpha value is -2.43. The molecular formula is C24H34FIN6O. The zero-order valence-electron chi connectivity index (χ0n) is 19.6. The molecule has 1 fully saturated rings. The highest BCUT2D eigenvalue weighted by atomic mass is 127. The van der Waals surface area contributed by atoms with Crippen LogP contribution in [0.3, 0.4) is 0 Å². The van der Waals surface area contributed by atoms with E-state index in [9.17, 15) is 9.18 Å². The first kappa shape index (κ1) is 26.8. The fraction of sp³-hybridized carbons (Fsp3) is 0.458. The number of carbonyl (C=O) groups is 1. The lowest BCUT2D eigenvalue weighted by atomic mass is 9.84. The van der Waals surface area contributed by atoms with Crippen LogP contribution in [0.1, 0.15) is 25.8 Å². The summed E-state index contributed by atoms with van der Waals surface area (Å²) in [5.74, 6) is 1.48. The highest BCUT2D eigenvalue weighted by molar-refractivity contribution is 14.0. The van der Waals surface area contributed by atoms with E-state index >= 15 is 0 Å². The standard InChI is InChI=1S/C24H33FN6O.HI/c1-24(2,19-7-6-8-20(25)17-19)18-29-23(26-3)28-12-10-22(32)31-15-13-30(14-16-31)21-9-4-5-11-27-21;/h4-9,11,17H,10,12-16,18H2,1-3H3,(H2,26,28,29);1H.